The van der Waals surface area contributed by atoms with Crippen molar-refractivity contribution in [1.29, 1.82) is 0 Å². The largest absolute Gasteiger partial charge is 0.278 e. The highest BCUT2D eigenvalue weighted by Crippen LogP contribution is 2.29. The lowest BCUT2D eigenvalue weighted by atomic mass is 10.1. The molecule has 0 aliphatic heterocycles. The van der Waals surface area contributed by atoms with Crippen LogP contribution in [-0.2, 0) is 12.2 Å². The van der Waals surface area contributed by atoms with Crippen LogP contribution in [0.1, 0.15) is 23.6 Å². The average Bonchev–Trinajstić information content (AvgIpc) is 3.20. The van der Waals surface area contributed by atoms with Crippen LogP contribution in [0.3, 0.4) is 0 Å². The molecule has 0 fully saturated rings. The molecule has 3 aromatic carbocycles. The van der Waals surface area contributed by atoms with E-state index in [0.717, 1.165) is 17.7 Å². The molecule has 35 heavy (non-hydrogen) atoms. The number of thioether (sulfide) groups is 1. The van der Waals surface area contributed by atoms with Gasteiger partial charge in [0.2, 0.25) is 0 Å². The zero-order valence-corrected chi connectivity index (χ0v) is 21.6. The van der Waals surface area contributed by atoms with Gasteiger partial charge in [-0.25, -0.2) is 9.37 Å². The first kappa shape index (κ1) is 23.7. The van der Waals surface area contributed by atoms with Gasteiger partial charge >= 0.3 is 0 Å². The number of benzene rings is 3. The SMILES string of the molecule is CCc1ccc(-n2c(=S)sc3c(=O)n(-c4ccc(C)cc4)c(SCc4ccccc4F)nc32)cc1. The molecular formula is C27H22FN3OS3. The van der Waals surface area contributed by atoms with E-state index < -0.39 is 0 Å². The lowest BCUT2D eigenvalue weighted by Crippen LogP contribution is -2.21. The molecule has 0 spiro atoms. The summed E-state index contributed by atoms with van der Waals surface area (Å²) in [5.41, 5.74) is 4.78. The lowest BCUT2D eigenvalue weighted by Gasteiger charge is -2.13. The van der Waals surface area contributed by atoms with Crippen LogP contribution < -0.4 is 5.56 Å². The highest BCUT2D eigenvalue weighted by molar-refractivity contribution is 7.98. The first-order valence-corrected chi connectivity index (χ1v) is 13.4. The standard InChI is InChI=1S/C27H22FN3OS3/c1-3-18-10-14-20(15-11-18)30-24-23(35-27(30)33)25(32)31(21-12-8-17(2)9-13-21)26(29-24)34-16-19-6-4-5-7-22(19)28/h4-15H,3,16H2,1-2H3. The number of thiazole rings is 1. The van der Waals surface area contributed by atoms with Gasteiger partial charge in [0.15, 0.2) is 14.8 Å². The van der Waals surface area contributed by atoms with Crippen molar-refractivity contribution in [2.24, 2.45) is 0 Å². The van der Waals surface area contributed by atoms with Gasteiger partial charge in [-0.3, -0.25) is 13.9 Å². The van der Waals surface area contributed by atoms with Crippen molar-refractivity contribution in [3.8, 4) is 11.4 Å². The topological polar surface area (TPSA) is 39.8 Å². The Morgan fingerprint density at radius 3 is 2.31 bits per heavy atom. The van der Waals surface area contributed by atoms with Gasteiger partial charge in [0.05, 0.1) is 5.69 Å². The summed E-state index contributed by atoms with van der Waals surface area (Å²) in [5.74, 6) is 0.0618. The fraction of sp³-hybridized carbons (Fsp3) is 0.148. The molecule has 0 N–H and O–H groups in total. The summed E-state index contributed by atoms with van der Waals surface area (Å²) in [6.45, 7) is 4.10. The molecule has 0 amide bonds. The maximum Gasteiger partial charge on any atom is 0.278 e. The summed E-state index contributed by atoms with van der Waals surface area (Å²) >= 11 is 8.26. The highest BCUT2D eigenvalue weighted by atomic mass is 32.2. The second-order valence-corrected chi connectivity index (χ2v) is 10.7. The van der Waals surface area contributed by atoms with E-state index in [9.17, 15) is 9.18 Å². The van der Waals surface area contributed by atoms with Gasteiger partial charge in [-0.2, -0.15) is 0 Å². The van der Waals surface area contributed by atoms with Crippen LogP contribution in [0.15, 0.2) is 82.7 Å². The Morgan fingerprint density at radius 2 is 1.63 bits per heavy atom. The molecule has 0 saturated heterocycles. The molecule has 0 atom stereocenters. The van der Waals surface area contributed by atoms with Crippen LogP contribution in [-0.4, -0.2) is 14.1 Å². The third-order valence-electron chi connectivity index (χ3n) is 5.79. The molecule has 0 bridgehead atoms. The Bertz CT molecular complexity index is 1630. The Morgan fingerprint density at radius 1 is 0.971 bits per heavy atom. The number of hydrogen-bond acceptors (Lipinski definition) is 5. The van der Waals surface area contributed by atoms with Crippen molar-refractivity contribution < 1.29 is 4.39 Å². The van der Waals surface area contributed by atoms with Gasteiger partial charge in [0, 0.05) is 11.4 Å². The van der Waals surface area contributed by atoms with Gasteiger partial charge < -0.3 is 0 Å². The zero-order chi connectivity index (χ0) is 24.5. The summed E-state index contributed by atoms with van der Waals surface area (Å²) < 4.78 is 18.8. The number of fused-ring (bicyclic) bond motifs is 1. The van der Waals surface area contributed by atoms with Crippen LogP contribution in [0.5, 0.6) is 0 Å². The van der Waals surface area contributed by atoms with Crippen molar-refractivity contribution in [2.45, 2.75) is 31.2 Å². The van der Waals surface area contributed by atoms with E-state index in [4.69, 9.17) is 17.2 Å². The third kappa shape index (κ3) is 4.61. The van der Waals surface area contributed by atoms with Gasteiger partial charge in [-0.1, -0.05) is 78.1 Å². The summed E-state index contributed by atoms with van der Waals surface area (Å²) in [7, 11) is 0. The molecule has 4 nitrogen and oxygen atoms in total. The van der Waals surface area contributed by atoms with E-state index in [0.29, 0.717) is 36.5 Å². The van der Waals surface area contributed by atoms with E-state index in [1.165, 1.54) is 34.7 Å². The predicted molar refractivity (Wildman–Crippen MR) is 145 cm³/mol. The quantitative estimate of drug-likeness (QED) is 0.134. The molecule has 0 saturated carbocycles. The molecule has 176 valence electrons. The Hall–Kier alpha value is -3.07. The minimum atomic E-state index is -0.278. The molecule has 8 heteroatoms. The van der Waals surface area contributed by atoms with Gasteiger partial charge in [0.25, 0.3) is 5.56 Å². The number of rotatable bonds is 6. The molecule has 2 heterocycles. The van der Waals surface area contributed by atoms with E-state index in [1.54, 1.807) is 22.8 Å². The van der Waals surface area contributed by atoms with Crippen molar-refractivity contribution in [3.63, 3.8) is 0 Å². The van der Waals surface area contributed by atoms with Crippen molar-refractivity contribution in [2.75, 3.05) is 0 Å². The van der Waals surface area contributed by atoms with Gasteiger partial charge in [-0.15, -0.1) is 0 Å². The maximum absolute atomic E-state index is 14.3. The van der Waals surface area contributed by atoms with E-state index in [2.05, 4.69) is 19.1 Å². The number of aromatic nitrogens is 3. The molecule has 5 rings (SSSR count). The van der Waals surface area contributed by atoms with Crippen LogP contribution >= 0.6 is 35.3 Å². The minimum Gasteiger partial charge on any atom is -0.275 e. The van der Waals surface area contributed by atoms with E-state index in [-0.39, 0.29) is 11.4 Å². The average molecular weight is 520 g/mol. The molecule has 0 unspecified atom stereocenters. The highest BCUT2D eigenvalue weighted by Gasteiger charge is 2.19. The smallest absolute Gasteiger partial charge is 0.275 e. The van der Waals surface area contributed by atoms with Gasteiger partial charge in [-0.05, 0) is 67.0 Å². The monoisotopic (exact) mass is 519 g/mol. The normalized spacial score (nSPS) is 11.3. The molecule has 2 aromatic heterocycles. The molecule has 0 aliphatic carbocycles. The Labute approximate surface area is 215 Å². The summed E-state index contributed by atoms with van der Waals surface area (Å²) in [4.78, 5) is 18.7. The van der Waals surface area contributed by atoms with Crippen molar-refractivity contribution >= 4 is 45.7 Å². The Balaban J connectivity index is 1.71. The molecular weight excluding hydrogens is 498 g/mol. The Kier molecular flexibility index (Phi) is 6.69. The zero-order valence-electron chi connectivity index (χ0n) is 19.2. The predicted octanol–water partition coefficient (Wildman–Crippen LogP) is 7.27. The van der Waals surface area contributed by atoms with Crippen molar-refractivity contribution in [1.82, 2.24) is 14.1 Å². The number of halogens is 1. The fourth-order valence-corrected chi connectivity index (χ4v) is 6.11. The molecule has 0 aliphatic rings. The van der Waals surface area contributed by atoms with Crippen LogP contribution in [0.4, 0.5) is 4.39 Å². The van der Waals surface area contributed by atoms with Crippen LogP contribution in [0.25, 0.3) is 21.7 Å². The summed E-state index contributed by atoms with van der Waals surface area (Å²) in [5, 5.41) is 0.487. The second-order valence-electron chi connectivity index (χ2n) is 8.13. The van der Waals surface area contributed by atoms with Gasteiger partial charge in [0.1, 0.15) is 10.5 Å². The first-order valence-electron chi connectivity index (χ1n) is 11.2. The second kappa shape index (κ2) is 9.89. The van der Waals surface area contributed by atoms with E-state index >= 15 is 0 Å². The summed E-state index contributed by atoms with van der Waals surface area (Å²) in [6.07, 6.45) is 0.937. The molecule has 0 radical (unpaired) electrons. The van der Waals surface area contributed by atoms with E-state index in [1.807, 2.05) is 47.9 Å². The summed E-state index contributed by atoms with van der Waals surface area (Å²) in [6, 6.07) is 22.5. The fourth-order valence-electron chi connectivity index (χ4n) is 3.82. The third-order valence-corrected chi connectivity index (χ3v) is 8.13. The molecule has 5 aromatic rings. The maximum atomic E-state index is 14.3. The number of nitrogens with zero attached hydrogens (tertiary/aromatic N) is 3. The van der Waals surface area contributed by atoms with Crippen LogP contribution in [0.2, 0.25) is 0 Å². The first-order chi connectivity index (χ1) is 17.0. The van der Waals surface area contributed by atoms with Crippen molar-refractivity contribution in [3.05, 3.63) is 110 Å². The lowest BCUT2D eigenvalue weighted by molar-refractivity contribution is 0.617. The van der Waals surface area contributed by atoms with Crippen LogP contribution in [0, 0.1) is 16.7 Å². The minimum absolute atomic E-state index is 0.185. The number of aryl methyl sites for hydroxylation is 2. The number of hydrogen-bond donors (Lipinski definition) is 0.